The van der Waals surface area contributed by atoms with Crippen molar-refractivity contribution >= 4 is 35.6 Å². The highest BCUT2D eigenvalue weighted by atomic mass is 35.5. The Morgan fingerprint density at radius 3 is 2.70 bits per heavy atom. The monoisotopic (exact) mass is 398 g/mol. The fourth-order valence-corrected chi connectivity index (χ4v) is 4.19. The molecule has 0 amide bonds. The Balaban J connectivity index is 1.55. The van der Waals surface area contributed by atoms with Crippen LogP contribution in [0.3, 0.4) is 0 Å². The van der Waals surface area contributed by atoms with Crippen LogP contribution in [-0.4, -0.2) is 35.3 Å². The molecule has 2 aromatic carbocycles. The summed E-state index contributed by atoms with van der Waals surface area (Å²) in [6, 6.07) is 16.2. The molecule has 0 aromatic heterocycles. The number of benzene rings is 2. The Morgan fingerprint density at radius 2 is 1.89 bits per heavy atom. The number of halogens is 1. The van der Waals surface area contributed by atoms with E-state index in [1.165, 1.54) is 12.1 Å². The van der Waals surface area contributed by atoms with Gasteiger partial charge in [0.25, 0.3) is 0 Å². The van der Waals surface area contributed by atoms with Crippen molar-refractivity contribution in [2.75, 3.05) is 24.0 Å². The second-order valence-corrected chi connectivity index (χ2v) is 7.42. The van der Waals surface area contributed by atoms with E-state index in [-0.39, 0.29) is 6.61 Å². The second kappa shape index (κ2) is 8.19. The highest BCUT2D eigenvalue weighted by molar-refractivity contribution is 7.99. The number of nitrogens with one attached hydrogen (secondary N) is 1. The van der Waals surface area contributed by atoms with E-state index in [0.717, 1.165) is 28.2 Å². The Morgan fingerprint density at radius 1 is 1.04 bits per heavy atom. The molecule has 0 unspecified atom stereocenters. The standard InChI is InChI=1S/C20H19ClN4OS/c21-20-17(16-5-2-1-3-6-16)7-4-8-18(20)24-14-19-23-12-15(11-22-9-10-26)13-25(19)27-24/h1-8,12-14,22,26H,9-11H2. The maximum Gasteiger partial charge on any atom is 0.161 e. The van der Waals surface area contributed by atoms with Crippen LogP contribution >= 0.6 is 23.7 Å². The molecule has 2 aromatic rings. The summed E-state index contributed by atoms with van der Waals surface area (Å²) in [7, 11) is 0. The van der Waals surface area contributed by atoms with E-state index in [2.05, 4.69) is 22.4 Å². The van der Waals surface area contributed by atoms with Crippen molar-refractivity contribution in [1.82, 2.24) is 9.62 Å². The molecule has 4 rings (SSSR count). The highest BCUT2D eigenvalue weighted by Gasteiger charge is 2.26. The van der Waals surface area contributed by atoms with E-state index in [9.17, 15) is 0 Å². The molecule has 0 spiro atoms. The number of aliphatic hydroxyl groups excluding tert-OH is 1. The van der Waals surface area contributed by atoms with Gasteiger partial charge in [-0.1, -0.05) is 54.1 Å². The molecule has 2 aliphatic rings. The summed E-state index contributed by atoms with van der Waals surface area (Å²) >= 11 is 8.27. The first-order valence-corrected chi connectivity index (χ1v) is 9.76. The van der Waals surface area contributed by atoms with Crippen molar-refractivity contribution in [3.05, 3.63) is 77.3 Å². The fraction of sp³-hybridized carbons (Fsp3) is 0.150. The van der Waals surface area contributed by atoms with Gasteiger partial charge in [-0.2, -0.15) is 0 Å². The van der Waals surface area contributed by atoms with Gasteiger partial charge in [-0.05, 0) is 11.6 Å². The summed E-state index contributed by atoms with van der Waals surface area (Å²) in [5, 5.41) is 12.8. The zero-order valence-electron chi connectivity index (χ0n) is 14.5. The molecule has 2 heterocycles. The summed E-state index contributed by atoms with van der Waals surface area (Å²) in [5.74, 6) is 0.854. The molecule has 0 bridgehead atoms. The number of nitrogens with zero attached hydrogens (tertiary/aromatic N) is 3. The van der Waals surface area contributed by atoms with Gasteiger partial charge < -0.3 is 10.4 Å². The predicted molar refractivity (Wildman–Crippen MR) is 113 cm³/mol. The summed E-state index contributed by atoms with van der Waals surface area (Å²) in [6.07, 6.45) is 5.87. The van der Waals surface area contributed by atoms with E-state index in [1.54, 1.807) is 0 Å². The van der Waals surface area contributed by atoms with Gasteiger partial charge in [0, 0.05) is 36.6 Å². The van der Waals surface area contributed by atoms with Gasteiger partial charge in [-0.15, -0.1) is 0 Å². The molecule has 0 saturated heterocycles. The van der Waals surface area contributed by atoms with Crippen molar-refractivity contribution in [2.45, 2.75) is 0 Å². The highest BCUT2D eigenvalue weighted by Crippen LogP contribution is 2.43. The number of aliphatic hydroxyl groups is 1. The molecule has 2 N–H and O–H groups in total. The van der Waals surface area contributed by atoms with Gasteiger partial charge >= 0.3 is 0 Å². The van der Waals surface area contributed by atoms with Gasteiger partial charge in [0.1, 0.15) is 0 Å². The minimum absolute atomic E-state index is 0.123. The van der Waals surface area contributed by atoms with E-state index >= 15 is 0 Å². The molecule has 27 heavy (non-hydrogen) atoms. The van der Waals surface area contributed by atoms with Crippen LogP contribution in [0, 0.1) is 0 Å². The van der Waals surface area contributed by atoms with Gasteiger partial charge in [0.15, 0.2) is 5.82 Å². The van der Waals surface area contributed by atoms with Crippen molar-refractivity contribution < 1.29 is 5.11 Å². The topological polar surface area (TPSA) is 51.1 Å². The van der Waals surface area contributed by atoms with Crippen LogP contribution in [0.2, 0.25) is 5.02 Å². The fourth-order valence-electron chi connectivity index (χ4n) is 2.88. The molecule has 7 heteroatoms. The van der Waals surface area contributed by atoms with E-state index in [4.69, 9.17) is 16.7 Å². The summed E-state index contributed by atoms with van der Waals surface area (Å²) < 4.78 is 4.05. The maximum absolute atomic E-state index is 8.88. The predicted octanol–water partition coefficient (Wildman–Crippen LogP) is 4.04. The number of aliphatic imine (C=N–C) groups is 1. The normalized spacial score (nSPS) is 15.6. The Hall–Kier alpha value is -2.25. The summed E-state index contributed by atoms with van der Waals surface area (Å²) in [6.45, 7) is 1.35. The third-order valence-corrected chi connectivity index (χ3v) is 5.54. The Labute approximate surface area is 167 Å². The van der Waals surface area contributed by atoms with Gasteiger partial charge in [-0.3, -0.25) is 8.61 Å². The average Bonchev–Trinajstić information content (AvgIpc) is 3.12. The zero-order chi connectivity index (χ0) is 18.6. The van der Waals surface area contributed by atoms with E-state index in [0.29, 0.717) is 18.1 Å². The van der Waals surface area contributed by atoms with Crippen LogP contribution in [0.25, 0.3) is 11.1 Å². The van der Waals surface area contributed by atoms with Crippen molar-refractivity contribution in [3.63, 3.8) is 0 Å². The zero-order valence-corrected chi connectivity index (χ0v) is 16.1. The van der Waals surface area contributed by atoms with Crippen LogP contribution in [0.15, 0.2) is 77.3 Å². The number of anilines is 1. The number of fused-ring (bicyclic) bond motifs is 1. The quantitative estimate of drug-likeness (QED) is 0.568. The number of hydrogen-bond donors (Lipinski definition) is 2. The average molecular weight is 399 g/mol. The van der Waals surface area contributed by atoms with Crippen molar-refractivity contribution in [1.29, 1.82) is 0 Å². The SMILES string of the molecule is OCCNCC1=CN2SN(c3cccc(-c4ccccc4)c3Cl)C=C2N=C1. The Bertz CT molecular complexity index is 913. The lowest BCUT2D eigenvalue weighted by atomic mass is 10.1. The molecule has 5 nitrogen and oxygen atoms in total. The lowest BCUT2D eigenvalue weighted by Crippen LogP contribution is -2.23. The third kappa shape index (κ3) is 3.89. The van der Waals surface area contributed by atoms with E-state index in [1.807, 2.05) is 63.6 Å². The van der Waals surface area contributed by atoms with Crippen LogP contribution in [0.5, 0.6) is 0 Å². The molecule has 0 saturated carbocycles. The molecule has 0 aliphatic carbocycles. The lowest BCUT2D eigenvalue weighted by molar-refractivity contribution is 0.294. The first kappa shape index (κ1) is 18.1. The first-order chi connectivity index (χ1) is 13.3. The molecule has 0 atom stereocenters. The molecular formula is C20H19ClN4OS. The van der Waals surface area contributed by atoms with Crippen molar-refractivity contribution in [2.24, 2.45) is 4.99 Å². The smallest absolute Gasteiger partial charge is 0.161 e. The Kier molecular flexibility index (Phi) is 5.50. The molecular weight excluding hydrogens is 380 g/mol. The van der Waals surface area contributed by atoms with Gasteiger partial charge in [-0.25, -0.2) is 4.99 Å². The first-order valence-electron chi connectivity index (χ1n) is 8.65. The van der Waals surface area contributed by atoms with Gasteiger partial charge in [0.2, 0.25) is 0 Å². The maximum atomic E-state index is 8.88. The van der Waals surface area contributed by atoms with Crippen molar-refractivity contribution in [3.8, 4) is 11.1 Å². The lowest BCUT2D eigenvalue weighted by Gasteiger charge is -2.21. The number of rotatable bonds is 6. The van der Waals surface area contributed by atoms with Crippen LogP contribution in [-0.2, 0) is 0 Å². The van der Waals surface area contributed by atoms with Crippen LogP contribution in [0.4, 0.5) is 5.69 Å². The molecule has 2 aliphatic heterocycles. The summed E-state index contributed by atoms with van der Waals surface area (Å²) in [4.78, 5) is 4.52. The van der Waals surface area contributed by atoms with Crippen LogP contribution in [0.1, 0.15) is 0 Å². The second-order valence-electron chi connectivity index (χ2n) is 6.09. The molecule has 0 radical (unpaired) electrons. The van der Waals surface area contributed by atoms with E-state index < -0.39 is 0 Å². The summed E-state index contributed by atoms with van der Waals surface area (Å²) in [5.41, 5.74) is 4.08. The minimum Gasteiger partial charge on any atom is -0.395 e. The molecule has 0 fully saturated rings. The van der Waals surface area contributed by atoms with Gasteiger partial charge in [0.05, 0.1) is 35.7 Å². The largest absolute Gasteiger partial charge is 0.395 e. The molecule has 138 valence electrons. The third-order valence-electron chi connectivity index (χ3n) is 4.20. The van der Waals surface area contributed by atoms with Crippen LogP contribution < -0.4 is 9.62 Å². The number of hydrogen-bond acceptors (Lipinski definition) is 6. The minimum atomic E-state index is 0.123.